The number of nitrogens with one attached hydrogen (secondary N) is 1. The summed E-state index contributed by atoms with van der Waals surface area (Å²) >= 11 is 0. The minimum absolute atomic E-state index is 0.104. The first-order chi connectivity index (χ1) is 14.6. The van der Waals surface area contributed by atoms with Crippen molar-refractivity contribution >= 4 is 6.03 Å². The molecule has 7 nitrogen and oxygen atoms in total. The number of carbonyl (C=O) groups is 1. The van der Waals surface area contributed by atoms with Crippen LogP contribution in [-0.2, 0) is 12.0 Å². The zero-order chi connectivity index (χ0) is 22.4. The van der Waals surface area contributed by atoms with Crippen LogP contribution in [0.4, 0.5) is 22.4 Å². The molecule has 2 aliphatic rings. The van der Waals surface area contributed by atoms with E-state index in [4.69, 9.17) is 4.52 Å². The standard InChI is InChI=1S/C20H19F4N5O2/c1-19(2)10-29(9-12-15(31-28-16(12)19)17-25-6-3-7-26-17)18(30)27-11-4-5-14(21)13(8-11)20(22,23)24/h3-8,13-14H,9-10H2,1-2H3,(H,27,30). The number of halogens is 4. The lowest BCUT2D eigenvalue weighted by atomic mass is 9.82. The van der Waals surface area contributed by atoms with Crippen LogP contribution in [0.1, 0.15) is 25.1 Å². The number of alkyl halides is 4. The van der Waals surface area contributed by atoms with Gasteiger partial charge in [-0.1, -0.05) is 19.0 Å². The normalized spacial score (nSPS) is 22.6. The Labute approximate surface area is 174 Å². The summed E-state index contributed by atoms with van der Waals surface area (Å²) in [4.78, 5) is 22.6. The molecule has 2 aromatic rings. The van der Waals surface area contributed by atoms with Crippen LogP contribution in [0.15, 0.2) is 46.9 Å². The second-order valence-corrected chi connectivity index (χ2v) is 8.07. The molecule has 0 saturated carbocycles. The van der Waals surface area contributed by atoms with E-state index in [2.05, 4.69) is 20.4 Å². The number of nitrogens with zero attached hydrogens (tertiary/aromatic N) is 4. The van der Waals surface area contributed by atoms with E-state index in [1.807, 2.05) is 13.8 Å². The van der Waals surface area contributed by atoms with Crippen LogP contribution in [0, 0.1) is 5.92 Å². The number of rotatable bonds is 2. The Balaban J connectivity index is 1.58. The second-order valence-electron chi connectivity index (χ2n) is 8.07. The number of hydrogen-bond donors (Lipinski definition) is 1. The Morgan fingerprint density at radius 1 is 1.29 bits per heavy atom. The molecule has 2 aromatic heterocycles. The Bertz CT molecular complexity index is 1050. The summed E-state index contributed by atoms with van der Waals surface area (Å²) in [6.45, 7) is 4.10. The summed E-state index contributed by atoms with van der Waals surface area (Å²) in [6, 6.07) is 1.03. The van der Waals surface area contributed by atoms with Crippen molar-refractivity contribution < 1.29 is 26.9 Å². The van der Waals surface area contributed by atoms with E-state index in [9.17, 15) is 22.4 Å². The summed E-state index contributed by atoms with van der Waals surface area (Å²) in [7, 11) is 0. The minimum atomic E-state index is -4.75. The lowest BCUT2D eigenvalue weighted by molar-refractivity contribution is -0.172. The van der Waals surface area contributed by atoms with Crippen LogP contribution in [0.5, 0.6) is 0 Å². The summed E-state index contributed by atoms with van der Waals surface area (Å²) < 4.78 is 58.2. The van der Waals surface area contributed by atoms with Gasteiger partial charge in [-0.25, -0.2) is 19.2 Å². The number of fused-ring (bicyclic) bond motifs is 1. The molecular formula is C20H19F4N5O2. The first kappa shape index (κ1) is 21.0. The Hall–Kier alpha value is -3.24. The fourth-order valence-electron chi connectivity index (χ4n) is 3.74. The van der Waals surface area contributed by atoms with Gasteiger partial charge >= 0.3 is 12.2 Å². The van der Waals surface area contributed by atoms with Crippen LogP contribution in [0.25, 0.3) is 11.6 Å². The molecule has 164 valence electrons. The number of aromatic nitrogens is 3. The molecule has 3 heterocycles. The maximum absolute atomic E-state index is 13.6. The summed E-state index contributed by atoms with van der Waals surface area (Å²) in [5.41, 5.74) is 0.592. The van der Waals surface area contributed by atoms with Crippen LogP contribution >= 0.6 is 0 Å². The van der Waals surface area contributed by atoms with Gasteiger partial charge < -0.3 is 14.7 Å². The van der Waals surface area contributed by atoms with Gasteiger partial charge in [0.2, 0.25) is 5.76 Å². The van der Waals surface area contributed by atoms with Crippen molar-refractivity contribution in [3.05, 3.63) is 53.6 Å². The molecule has 11 heteroatoms. The minimum Gasteiger partial charge on any atom is -0.352 e. The molecule has 0 aromatic carbocycles. The molecule has 0 fully saturated rings. The van der Waals surface area contributed by atoms with E-state index in [0.717, 1.165) is 12.2 Å². The van der Waals surface area contributed by atoms with Crippen molar-refractivity contribution in [2.45, 2.75) is 38.2 Å². The van der Waals surface area contributed by atoms with Crippen LogP contribution < -0.4 is 5.32 Å². The molecule has 31 heavy (non-hydrogen) atoms. The van der Waals surface area contributed by atoms with Gasteiger partial charge in [0, 0.05) is 35.6 Å². The van der Waals surface area contributed by atoms with Gasteiger partial charge in [0.05, 0.1) is 12.2 Å². The van der Waals surface area contributed by atoms with Crippen LogP contribution in [0.2, 0.25) is 0 Å². The molecule has 1 aliphatic carbocycles. The maximum atomic E-state index is 13.6. The van der Waals surface area contributed by atoms with Crippen molar-refractivity contribution in [1.82, 2.24) is 25.3 Å². The first-order valence-corrected chi connectivity index (χ1v) is 9.49. The van der Waals surface area contributed by atoms with Gasteiger partial charge in [-0.15, -0.1) is 0 Å². The van der Waals surface area contributed by atoms with Crippen molar-refractivity contribution in [2.24, 2.45) is 5.92 Å². The average Bonchev–Trinajstić information content (AvgIpc) is 3.14. The fraction of sp³-hybridized carbons (Fsp3) is 0.400. The predicted molar refractivity (Wildman–Crippen MR) is 101 cm³/mol. The van der Waals surface area contributed by atoms with E-state index < -0.39 is 29.7 Å². The van der Waals surface area contributed by atoms with E-state index in [-0.39, 0.29) is 18.8 Å². The van der Waals surface area contributed by atoms with Gasteiger partial charge in [-0.3, -0.25) is 0 Å². The predicted octanol–water partition coefficient (Wildman–Crippen LogP) is 3.90. The number of hydrogen-bond acceptors (Lipinski definition) is 5. The zero-order valence-electron chi connectivity index (χ0n) is 16.7. The highest BCUT2D eigenvalue weighted by molar-refractivity contribution is 5.78. The van der Waals surface area contributed by atoms with E-state index >= 15 is 0 Å². The van der Waals surface area contributed by atoms with E-state index in [0.29, 0.717) is 28.9 Å². The molecule has 2 unspecified atom stereocenters. The third-order valence-corrected chi connectivity index (χ3v) is 5.21. The Morgan fingerprint density at radius 2 is 2.00 bits per heavy atom. The van der Waals surface area contributed by atoms with E-state index in [1.165, 1.54) is 4.90 Å². The van der Waals surface area contributed by atoms with Crippen molar-refractivity contribution in [1.29, 1.82) is 0 Å². The van der Waals surface area contributed by atoms with Gasteiger partial charge in [-0.05, 0) is 24.3 Å². The second kappa shape index (κ2) is 7.47. The molecule has 1 aliphatic heterocycles. The van der Waals surface area contributed by atoms with E-state index in [1.54, 1.807) is 18.5 Å². The summed E-state index contributed by atoms with van der Waals surface area (Å²) in [5, 5.41) is 6.58. The Morgan fingerprint density at radius 3 is 2.68 bits per heavy atom. The van der Waals surface area contributed by atoms with Crippen molar-refractivity contribution in [2.75, 3.05) is 6.54 Å². The number of urea groups is 1. The highest BCUT2D eigenvalue weighted by atomic mass is 19.4. The molecule has 0 bridgehead atoms. The largest absolute Gasteiger partial charge is 0.398 e. The zero-order valence-corrected chi connectivity index (χ0v) is 16.7. The molecular weight excluding hydrogens is 418 g/mol. The van der Waals surface area contributed by atoms with Gasteiger partial charge in [0.25, 0.3) is 0 Å². The quantitative estimate of drug-likeness (QED) is 0.721. The maximum Gasteiger partial charge on any atom is 0.398 e. The van der Waals surface area contributed by atoms with Gasteiger partial charge in [0.1, 0.15) is 12.1 Å². The topological polar surface area (TPSA) is 84.2 Å². The molecule has 4 rings (SSSR count). The average molecular weight is 437 g/mol. The van der Waals surface area contributed by atoms with Crippen molar-refractivity contribution in [3.8, 4) is 11.6 Å². The molecule has 0 spiro atoms. The highest BCUT2D eigenvalue weighted by Gasteiger charge is 2.45. The molecule has 0 saturated heterocycles. The third-order valence-electron chi connectivity index (χ3n) is 5.21. The smallest absolute Gasteiger partial charge is 0.352 e. The Kier molecular flexibility index (Phi) is 5.06. The first-order valence-electron chi connectivity index (χ1n) is 9.49. The lowest BCUT2D eigenvalue weighted by Gasteiger charge is -2.36. The fourth-order valence-corrected chi connectivity index (χ4v) is 3.74. The van der Waals surface area contributed by atoms with Gasteiger partial charge in [-0.2, -0.15) is 13.2 Å². The molecule has 1 N–H and O–H groups in total. The highest BCUT2D eigenvalue weighted by Crippen LogP contribution is 2.38. The molecule has 0 radical (unpaired) electrons. The third kappa shape index (κ3) is 4.04. The SMILES string of the molecule is CC1(C)CN(C(=O)NC2=CC(C(F)(F)F)C(F)C=C2)Cc2c1noc2-c1ncccn1. The summed E-state index contributed by atoms with van der Waals surface area (Å²) in [5.74, 6) is -1.67. The summed E-state index contributed by atoms with van der Waals surface area (Å²) in [6.07, 6.45) is -1.24. The molecule has 2 atom stereocenters. The van der Waals surface area contributed by atoms with Crippen molar-refractivity contribution in [3.63, 3.8) is 0 Å². The monoisotopic (exact) mass is 437 g/mol. The number of carbonyl (C=O) groups excluding carboxylic acids is 1. The lowest BCUT2D eigenvalue weighted by Crippen LogP contribution is -2.49. The molecule has 2 amide bonds. The van der Waals surface area contributed by atoms with Gasteiger partial charge in [0.15, 0.2) is 5.82 Å². The van der Waals surface area contributed by atoms with Crippen LogP contribution in [0.3, 0.4) is 0 Å². The number of allylic oxidation sites excluding steroid dienone is 3. The number of amides is 2. The van der Waals surface area contributed by atoms with Crippen LogP contribution in [-0.4, -0.2) is 44.9 Å².